The number of anilines is 1. The van der Waals surface area contributed by atoms with Gasteiger partial charge in [0.05, 0.1) is 38.6 Å². The first kappa shape index (κ1) is 17.6. The molecule has 1 aromatic rings. The predicted octanol–water partition coefficient (Wildman–Crippen LogP) is 0.383. The Labute approximate surface area is 124 Å². The van der Waals surface area contributed by atoms with Gasteiger partial charge < -0.3 is 24.4 Å². The van der Waals surface area contributed by atoms with Gasteiger partial charge in [0, 0.05) is 7.11 Å². The average Bonchev–Trinajstić information content (AvgIpc) is 2.52. The van der Waals surface area contributed by atoms with Gasteiger partial charge in [-0.05, 0) is 6.42 Å². The number of rotatable bonds is 12. The fourth-order valence-electron chi connectivity index (χ4n) is 1.63. The molecule has 0 atom stereocenters. The number of nitrogens with one attached hydrogen (secondary N) is 1. The Morgan fingerprint density at radius 2 is 1.71 bits per heavy atom. The molecule has 0 aromatic carbocycles. The Morgan fingerprint density at radius 3 is 2.33 bits per heavy atom. The van der Waals surface area contributed by atoms with Crippen LogP contribution in [-0.2, 0) is 20.6 Å². The predicted molar refractivity (Wildman–Crippen MR) is 78.2 cm³/mol. The van der Waals surface area contributed by atoms with Gasteiger partial charge in [0.2, 0.25) is 5.88 Å². The number of hydrogen-bond donors (Lipinski definition) is 2. The summed E-state index contributed by atoms with van der Waals surface area (Å²) in [6, 6.07) is 0. The Bertz CT molecular complexity index is 392. The maximum absolute atomic E-state index is 5.58. The number of hydrogen-bond acceptors (Lipinski definition) is 8. The smallest absolute Gasteiger partial charge is 0.221 e. The quantitative estimate of drug-likeness (QED) is 0.325. The summed E-state index contributed by atoms with van der Waals surface area (Å²) >= 11 is 0. The first-order chi connectivity index (χ1) is 10.3. The van der Waals surface area contributed by atoms with Gasteiger partial charge in [0.1, 0.15) is 18.8 Å². The minimum atomic E-state index is 0.409. The summed E-state index contributed by atoms with van der Waals surface area (Å²) in [5, 5.41) is 0. The third-order valence-corrected chi connectivity index (χ3v) is 2.67. The summed E-state index contributed by atoms with van der Waals surface area (Å²) in [6.07, 6.45) is 2.14. The third kappa shape index (κ3) is 6.67. The molecule has 0 aliphatic rings. The molecule has 0 unspecified atom stereocenters. The van der Waals surface area contributed by atoms with Crippen molar-refractivity contribution >= 4 is 5.82 Å². The second-order valence-corrected chi connectivity index (χ2v) is 4.07. The van der Waals surface area contributed by atoms with E-state index >= 15 is 0 Å². The van der Waals surface area contributed by atoms with E-state index in [1.165, 1.54) is 6.33 Å². The second kappa shape index (κ2) is 11.2. The van der Waals surface area contributed by atoms with Crippen molar-refractivity contribution in [3.8, 4) is 5.88 Å². The maximum atomic E-state index is 5.58. The summed E-state index contributed by atoms with van der Waals surface area (Å²) < 4.78 is 21.1. The number of aromatic nitrogens is 2. The normalized spacial score (nSPS) is 10.6. The van der Waals surface area contributed by atoms with Crippen molar-refractivity contribution in [2.75, 3.05) is 52.2 Å². The van der Waals surface area contributed by atoms with Crippen LogP contribution in [0.3, 0.4) is 0 Å². The van der Waals surface area contributed by atoms with Gasteiger partial charge in [-0.25, -0.2) is 15.8 Å². The lowest BCUT2D eigenvalue weighted by Gasteiger charge is -2.12. The van der Waals surface area contributed by atoms with Crippen LogP contribution < -0.4 is 16.0 Å². The highest BCUT2D eigenvalue weighted by Crippen LogP contribution is 2.21. The van der Waals surface area contributed by atoms with Crippen molar-refractivity contribution in [3.63, 3.8) is 0 Å². The Kier molecular flexibility index (Phi) is 9.38. The van der Waals surface area contributed by atoms with Crippen molar-refractivity contribution in [2.45, 2.75) is 13.3 Å². The first-order valence-electron chi connectivity index (χ1n) is 6.91. The van der Waals surface area contributed by atoms with E-state index in [4.69, 9.17) is 24.8 Å². The lowest BCUT2D eigenvalue weighted by atomic mass is 10.2. The number of nitrogens with two attached hydrogens (primary N) is 1. The molecular formula is C13H24N4O4. The van der Waals surface area contributed by atoms with E-state index < -0.39 is 0 Å². The minimum absolute atomic E-state index is 0.409. The van der Waals surface area contributed by atoms with Crippen molar-refractivity contribution in [2.24, 2.45) is 5.84 Å². The van der Waals surface area contributed by atoms with E-state index in [0.29, 0.717) is 51.3 Å². The highest BCUT2D eigenvalue weighted by molar-refractivity contribution is 5.47. The fourth-order valence-corrected chi connectivity index (χ4v) is 1.63. The Morgan fingerprint density at radius 1 is 1.05 bits per heavy atom. The molecular weight excluding hydrogens is 276 g/mol. The van der Waals surface area contributed by atoms with E-state index in [0.717, 1.165) is 12.0 Å². The van der Waals surface area contributed by atoms with Crippen LogP contribution in [0.1, 0.15) is 12.5 Å². The molecule has 0 radical (unpaired) electrons. The molecule has 0 bridgehead atoms. The zero-order valence-corrected chi connectivity index (χ0v) is 12.6. The van der Waals surface area contributed by atoms with Gasteiger partial charge >= 0.3 is 0 Å². The van der Waals surface area contributed by atoms with Gasteiger partial charge in [0.25, 0.3) is 0 Å². The summed E-state index contributed by atoms with van der Waals surface area (Å²) in [7, 11) is 1.64. The minimum Gasteiger partial charge on any atom is -0.475 e. The van der Waals surface area contributed by atoms with Gasteiger partial charge in [-0.2, -0.15) is 0 Å². The molecule has 120 valence electrons. The lowest BCUT2D eigenvalue weighted by Crippen LogP contribution is -2.15. The monoisotopic (exact) mass is 300 g/mol. The fraction of sp³-hybridized carbons (Fsp3) is 0.692. The molecule has 0 amide bonds. The molecule has 8 nitrogen and oxygen atoms in total. The SMILES string of the molecule is CCc1c(NN)ncnc1OCCOCCOCCOC. The van der Waals surface area contributed by atoms with Crippen LogP contribution in [0.2, 0.25) is 0 Å². The summed E-state index contributed by atoms with van der Waals surface area (Å²) in [6.45, 7) is 5.09. The van der Waals surface area contributed by atoms with E-state index in [-0.39, 0.29) is 0 Å². The van der Waals surface area contributed by atoms with E-state index in [9.17, 15) is 0 Å². The highest BCUT2D eigenvalue weighted by atomic mass is 16.6. The molecule has 21 heavy (non-hydrogen) atoms. The summed E-state index contributed by atoms with van der Waals surface area (Å²) in [4.78, 5) is 8.14. The number of nitrogens with zero attached hydrogens (tertiary/aromatic N) is 2. The number of hydrazine groups is 1. The number of methoxy groups -OCH3 is 1. The average molecular weight is 300 g/mol. The van der Waals surface area contributed by atoms with Crippen LogP contribution in [0, 0.1) is 0 Å². The zero-order chi connectivity index (χ0) is 15.3. The van der Waals surface area contributed by atoms with Gasteiger partial charge in [-0.1, -0.05) is 6.92 Å². The van der Waals surface area contributed by atoms with E-state index in [2.05, 4.69) is 15.4 Å². The van der Waals surface area contributed by atoms with E-state index in [1.807, 2.05) is 6.92 Å². The Balaban J connectivity index is 2.18. The van der Waals surface area contributed by atoms with Crippen molar-refractivity contribution in [3.05, 3.63) is 11.9 Å². The number of nitrogen functional groups attached to an aromatic ring is 1. The topological polar surface area (TPSA) is 101 Å². The number of ether oxygens (including phenoxy) is 4. The van der Waals surface area contributed by atoms with Crippen LogP contribution in [0.5, 0.6) is 5.88 Å². The molecule has 1 rings (SSSR count). The standard InChI is InChI=1S/C13H24N4O4/c1-3-11-12(17-14)15-10-16-13(11)21-9-8-20-7-6-19-5-4-18-2/h10H,3-9,14H2,1-2H3,(H,15,16,17). The van der Waals surface area contributed by atoms with Crippen molar-refractivity contribution in [1.29, 1.82) is 0 Å². The Hall–Kier alpha value is -1.48. The summed E-state index contributed by atoms with van der Waals surface area (Å²) in [5.41, 5.74) is 3.38. The van der Waals surface area contributed by atoms with Crippen molar-refractivity contribution < 1.29 is 18.9 Å². The zero-order valence-electron chi connectivity index (χ0n) is 12.6. The largest absolute Gasteiger partial charge is 0.475 e. The first-order valence-corrected chi connectivity index (χ1v) is 6.91. The van der Waals surface area contributed by atoms with E-state index in [1.54, 1.807) is 7.11 Å². The molecule has 0 fully saturated rings. The van der Waals surface area contributed by atoms with Crippen LogP contribution in [0.15, 0.2) is 6.33 Å². The molecule has 1 heterocycles. The lowest BCUT2D eigenvalue weighted by molar-refractivity contribution is 0.0176. The molecule has 0 spiro atoms. The molecule has 0 saturated heterocycles. The van der Waals surface area contributed by atoms with Crippen LogP contribution >= 0.6 is 0 Å². The van der Waals surface area contributed by atoms with Gasteiger partial charge in [-0.3, -0.25) is 0 Å². The summed E-state index contributed by atoms with van der Waals surface area (Å²) in [5.74, 6) is 6.50. The van der Waals surface area contributed by atoms with Crippen LogP contribution in [-0.4, -0.2) is 56.7 Å². The molecule has 1 aromatic heterocycles. The van der Waals surface area contributed by atoms with Crippen LogP contribution in [0.4, 0.5) is 5.82 Å². The molecule has 0 aliphatic heterocycles. The molecule has 8 heteroatoms. The molecule has 0 aliphatic carbocycles. The maximum Gasteiger partial charge on any atom is 0.221 e. The van der Waals surface area contributed by atoms with Crippen molar-refractivity contribution in [1.82, 2.24) is 9.97 Å². The second-order valence-electron chi connectivity index (χ2n) is 4.07. The van der Waals surface area contributed by atoms with Gasteiger partial charge in [0.15, 0.2) is 0 Å². The molecule has 0 saturated carbocycles. The third-order valence-electron chi connectivity index (χ3n) is 2.67. The highest BCUT2D eigenvalue weighted by Gasteiger charge is 2.09. The van der Waals surface area contributed by atoms with Crippen LogP contribution in [0.25, 0.3) is 0 Å². The van der Waals surface area contributed by atoms with Gasteiger partial charge in [-0.15, -0.1) is 0 Å². The molecule has 3 N–H and O–H groups in total.